The average Bonchev–Trinajstić information content (AvgIpc) is 2.68. The van der Waals surface area contributed by atoms with Crippen molar-refractivity contribution in [2.75, 3.05) is 0 Å². The molecule has 0 radical (unpaired) electrons. The Morgan fingerprint density at radius 2 is 1.63 bits per heavy atom. The van der Waals surface area contributed by atoms with Gasteiger partial charge in [0.15, 0.2) is 5.09 Å². The lowest BCUT2D eigenvalue weighted by atomic mass is 10.1. The number of phenolic OH excluding ortho intramolecular Hbond substituents is 2. The monoisotopic (exact) mass is 377 g/mol. The molecule has 0 aliphatic heterocycles. The molecule has 0 aliphatic rings. The molecule has 0 atom stereocenters. The number of thioether (sulfide) groups is 1. The van der Waals surface area contributed by atoms with E-state index in [2.05, 4.69) is 4.98 Å². The van der Waals surface area contributed by atoms with E-state index in [4.69, 9.17) is 4.42 Å². The van der Waals surface area contributed by atoms with E-state index in [1.165, 1.54) is 36.0 Å². The van der Waals surface area contributed by atoms with Crippen LogP contribution in [0.2, 0.25) is 0 Å². The molecule has 0 aliphatic carbocycles. The fraction of sp³-hybridized carbons (Fsp3) is 0.0476. The second kappa shape index (κ2) is 7.17. The molecule has 0 spiro atoms. The van der Waals surface area contributed by atoms with Crippen molar-refractivity contribution in [3.8, 4) is 22.6 Å². The van der Waals surface area contributed by atoms with Crippen molar-refractivity contribution in [1.82, 2.24) is 4.98 Å². The number of hydrogen-bond acceptors (Lipinski definition) is 6. The lowest BCUT2D eigenvalue weighted by Crippen LogP contribution is -2.07. The summed E-state index contributed by atoms with van der Waals surface area (Å²) < 4.78 is 5.99. The molecule has 4 rings (SSSR count). The Morgan fingerprint density at radius 3 is 2.37 bits per heavy atom. The summed E-state index contributed by atoms with van der Waals surface area (Å²) in [7, 11) is 0. The normalized spacial score (nSPS) is 11.0. The fourth-order valence-electron chi connectivity index (χ4n) is 2.77. The van der Waals surface area contributed by atoms with Crippen LogP contribution in [0.25, 0.3) is 22.1 Å². The summed E-state index contributed by atoms with van der Waals surface area (Å²) in [5.74, 6) is 0.758. The highest BCUT2D eigenvalue weighted by Gasteiger charge is 2.17. The number of benzene rings is 2. The van der Waals surface area contributed by atoms with E-state index in [9.17, 15) is 15.0 Å². The van der Waals surface area contributed by atoms with E-state index in [0.717, 1.165) is 5.56 Å². The molecule has 4 aromatic rings. The smallest absolute Gasteiger partial charge is 0.201 e. The van der Waals surface area contributed by atoms with Crippen LogP contribution in [-0.2, 0) is 5.75 Å². The van der Waals surface area contributed by atoms with Crippen molar-refractivity contribution in [3.63, 3.8) is 0 Å². The Labute approximate surface area is 158 Å². The first-order valence-electron chi connectivity index (χ1n) is 8.23. The lowest BCUT2D eigenvalue weighted by Gasteiger charge is -2.10. The number of fused-ring (bicyclic) bond motifs is 1. The fourth-order valence-corrected chi connectivity index (χ4v) is 3.76. The van der Waals surface area contributed by atoms with Gasteiger partial charge in [-0.1, -0.05) is 23.9 Å². The van der Waals surface area contributed by atoms with Crippen LogP contribution < -0.4 is 5.43 Å². The number of nitrogens with zero attached hydrogens (tertiary/aromatic N) is 1. The molecule has 0 unspecified atom stereocenters. The number of hydrogen-bond donors (Lipinski definition) is 2. The van der Waals surface area contributed by atoms with E-state index >= 15 is 0 Å². The van der Waals surface area contributed by atoms with Gasteiger partial charge >= 0.3 is 0 Å². The van der Waals surface area contributed by atoms with Crippen molar-refractivity contribution in [2.45, 2.75) is 10.8 Å². The van der Waals surface area contributed by atoms with E-state index < -0.39 is 0 Å². The van der Waals surface area contributed by atoms with E-state index in [-0.39, 0.29) is 16.9 Å². The zero-order valence-electron chi connectivity index (χ0n) is 14.1. The SMILES string of the molecule is O=c1c(-c2ccc(O)cc2)c(SCc2ccncc2)oc2cc(O)ccc12. The lowest BCUT2D eigenvalue weighted by molar-refractivity contribution is 0.468. The van der Waals surface area contributed by atoms with Crippen molar-refractivity contribution in [2.24, 2.45) is 0 Å². The zero-order chi connectivity index (χ0) is 18.8. The minimum Gasteiger partial charge on any atom is -0.508 e. The largest absolute Gasteiger partial charge is 0.508 e. The molecule has 6 heteroatoms. The molecule has 0 amide bonds. The Morgan fingerprint density at radius 1 is 0.926 bits per heavy atom. The molecule has 2 N–H and O–H groups in total. The highest BCUT2D eigenvalue weighted by molar-refractivity contribution is 7.98. The van der Waals surface area contributed by atoms with Gasteiger partial charge < -0.3 is 14.6 Å². The van der Waals surface area contributed by atoms with Gasteiger partial charge in [-0.2, -0.15) is 0 Å². The average molecular weight is 377 g/mol. The van der Waals surface area contributed by atoms with Crippen LogP contribution in [0.5, 0.6) is 11.5 Å². The summed E-state index contributed by atoms with van der Waals surface area (Å²) in [6.07, 6.45) is 3.43. The van der Waals surface area contributed by atoms with Gasteiger partial charge in [-0.25, -0.2) is 0 Å². The van der Waals surface area contributed by atoms with Crippen LogP contribution >= 0.6 is 11.8 Å². The van der Waals surface area contributed by atoms with Crippen LogP contribution in [-0.4, -0.2) is 15.2 Å². The van der Waals surface area contributed by atoms with Gasteiger partial charge in [0.1, 0.15) is 17.1 Å². The van der Waals surface area contributed by atoms with Crippen LogP contribution in [0.1, 0.15) is 5.56 Å². The number of pyridine rings is 1. The third-order valence-electron chi connectivity index (χ3n) is 4.12. The molecule has 0 saturated carbocycles. The molecule has 0 bridgehead atoms. The summed E-state index contributed by atoms with van der Waals surface area (Å²) in [6.45, 7) is 0. The summed E-state index contributed by atoms with van der Waals surface area (Å²) in [4.78, 5) is 17.1. The number of rotatable bonds is 4. The quantitative estimate of drug-likeness (QED) is 0.507. The van der Waals surface area contributed by atoms with Gasteiger partial charge in [0.05, 0.1) is 10.9 Å². The Bertz CT molecular complexity index is 1150. The predicted octanol–water partition coefficient (Wildman–Crippen LogP) is 4.56. The van der Waals surface area contributed by atoms with Crippen molar-refractivity contribution >= 4 is 22.7 Å². The van der Waals surface area contributed by atoms with Crippen LogP contribution in [0.4, 0.5) is 0 Å². The summed E-state index contributed by atoms with van der Waals surface area (Å²) in [6, 6.07) is 14.7. The molecular weight excluding hydrogens is 362 g/mol. The molecule has 27 heavy (non-hydrogen) atoms. The highest BCUT2D eigenvalue weighted by Crippen LogP contribution is 2.35. The number of aromatic nitrogens is 1. The zero-order valence-corrected chi connectivity index (χ0v) is 14.9. The first-order chi connectivity index (χ1) is 13.1. The molecule has 2 heterocycles. The highest BCUT2D eigenvalue weighted by atomic mass is 32.2. The maximum Gasteiger partial charge on any atom is 0.201 e. The van der Waals surface area contributed by atoms with Gasteiger partial charge in [-0.15, -0.1) is 0 Å². The van der Waals surface area contributed by atoms with Gasteiger partial charge in [0.25, 0.3) is 0 Å². The predicted molar refractivity (Wildman–Crippen MR) is 105 cm³/mol. The molecule has 2 aromatic carbocycles. The number of phenols is 2. The van der Waals surface area contributed by atoms with E-state index in [0.29, 0.717) is 32.9 Å². The number of aromatic hydroxyl groups is 2. The van der Waals surface area contributed by atoms with E-state index in [1.54, 1.807) is 30.6 Å². The van der Waals surface area contributed by atoms with Crippen LogP contribution in [0.15, 0.2) is 81.3 Å². The first kappa shape index (κ1) is 17.2. The van der Waals surface area contributed by atoms with Crippen LogP contribution in [0, 0.1) is 0 Å². The van der Waals surface area contributed by atoms with Crippen molar-refractivity contribution in [3.05, 3.63) is 82.8 Å². The minimum absolute atomic E-state index is 0.0353. The molecule has 2 aromatic heterocycles. The van der Waals surface area contributed by atoms with Gasteiger partial charge in [-0.05, 0) is 47.5 Å². The summed E-state index contributed by atoms with van der Waals surface area (Å²) >= 11 is 1.40. The molecule has 0 saturated heterocycles. The Kier molecular flexibility index (Phi) is 4.56. The third kappa shape index (κ3) is 3.52. The third-order valence-corrected chi connectivity index (χ3v) is 5.15. The van der Waals surface area contributed by atoms with Crippen LogP contribution in [0.3, 0.4) is 0 Å². The van der Waals surface area contributed by atoms with Crippen molar-refractivity contribution < 1.29 is 14.6 Å². The summed E-state index contributed by atoms with van der Waals surface area (Å²) in [5.41, 5.74) is 2.30. The second-order valence-corrected chi connectivity index (χ2v) is 6.91. The summed E-state index contributed by atoms with van der Waals surface area (Å²) in [5, 5.41) is 20.1. The minimum atomic E-state index is -0.181. The molecule has 5 nitrogen and oxygen atoms in total. The van der Waals surface area contributed by atoms with Gasteiger partial charge in [0, 0.05) is 24.2 Å². The molecule has 0 fully saturated rings. The topological polar surface area (TPSA) is 83.6 Å². The first-order valence-corrected chi connectivity index (χ1v) is 9.21. The Hall–Kier alpha value is -3.25. The molecular formula is C21H15NO4S. The standard InChI is InChI=1S/C21H15NO4S/c23-15-3-1-14(2-4-15)19-20(25)17-6-5-16(24)11-18(17)26-21(19)27-12-13-7-9-22-10-8-13/h1-11,23-24H,12H2. The van der Waals surface area contributed by atoms with E-state index in [1.807, 2.05) is 12.1 Å². The van der Waals surface area contributed by atoms with Gasteiger partial charge in [-0.3, -0.25) is 9.78 Å². The second-order valence-electron chi connectivity index (χ2n) is 5.97. The maximum absolute atomic E-state index is 13.1. The Balaban J connectivity index is 1.87. The van der Waals surface area contributed by atoms with Gasteiger partial charge in [0.2, 0.25) is 5.43 Å². The maximum atomic E-state index is 13.1. The molecule has 134 valence electrons. The van der Waals surface area contributed by atoms with Crippen molar-refractivity contribution in [1.29, 1.82) is 0 Å².